The van der Waals surface area contributed by atoms with Crippen LogP contribution in [0.15, 0.2) is 4.52 Å². The lowest BCUT2D eigenvalue weighted by Gasteiger charge is -2.26. The van der Waals surface area contributed by atoms with E-state index in [1.165, 1.54) is 0 Å². The van der Waals surface area contributed by atoms with Crippen molar-refractivity contribution in [3.63, 3.8) is 0 Å². The van der Waals surface area contributed by atoms with Gasteiger partial charge in [-0.2, -0.15) is 4.98 Å². The van der Waals surface area contributed by atoms with Gasteiger partial charge in [-0.05, 0) is 26.2 Å². The van der Waals surface area contributed by atoms with Crippen LogP contribution in [-0.4, -0.2) is 23.4 Å². The Morgan fingerprint density at radius 2 is 2.19 bits per heavy atom. The van der Waals surface area contributed by atoms with Gasteiger partial charge in [-0.15, -0.1) is 0 Å². The van der Waals surface area contributed by atoms with Crippen molar-refractivity contribution in [2.75, 3.05) is 13.2 Å². The lowest BCUT2D eigenvalue weighted by atomic mass is 9.85. The van der Waals surface area contributed by atoms with Gasteiger partial charge >= 0.3 is 0 Å². The van der Waals surface area contributed by atoms with Crippen LogP contribution >= 0.6 is 0 Å². The maximum Gasteiger partial charge on any atom is 0.229 e. The normalized spacial score (nSPS) is 29.2. The fraction of sp³-hybridized carbons (Fsp3) is 0.818. The molecule has 2 heterocycles. The first-order valence-corrected chi connectivity index (χ1v) is 5.88. The summed E-state index contributed by atoms with van der Waals surface area (Å²) in [5.74, 6) is 2.16. The van der Waals surface area contributed by atoms with Crippen molar-refractivity contribution in [1.82, 2.24) is 10.1 Å². The Labute approximate surface area is 94.3 Å². The minimum atomic E-state index is -0.535. The van der Waals surface area contributed by atoms with E-state index in [0.717, 1.165) is 31.8 Å². The van der Waals surface area contributed by atoms with Gasteiger partial charge in [0.15, 0.2) is 5.82 Å². The zero-order chi connectivity index (χ0) is 11.2. The van der Waals surface area contributed by atoms with E-state index >= 15 is 0 Å². The van der Waals surface area contributed by atoms with Crippen LogP contribution in [0.5, 0.6) is 0 Å². The molecule has 1 aliphatic heterocycles. The summed E-state index contributed by atoms with van der Waals surface area (Å²) in [6, 6.07) is 0. The van der Waals surface area contributed by atoms with Gasteiger partial charge in [0.1, 0.15) is 0 Å². The van der Waals surface area contributed by atoms with Crippen molar-refractivity contribution >= 4 is 0 Å². The molecule has 3 rings (SSSR count). The fourth-order valence-electron chi connectivity index (χ4n) is 2.14. The third-order valence-electron chi connectivity index (χ3n) is 3.63. The van der Waals surface area contributed by atoms with Crippen LogP contribution in [0.2, 0.25) is 0 Å². The van der Waals surface area contributed by atoms with Crippen LogP contribution in [0.4, 0.5) is 0 Å². The van der Waals surface area contributed by atoms with E-state index in [-0.39, 0.29) is 5.92 Å². The molecule has 0 amide bonds. The number of nitrogens with zero attached hydrogens (tertiary/aromatic N) is 2. The molecule has 2 aliphatic rings. The summed E-state index contributed by atoms with van der Waals surface area (Å²) < 4.78 is 10.6. The summed E-state index contributed by atoms with van der Waals surface area (Å²) in [5, 5.41) is 4.03. The van der Waals surface area contributed by atoms with Crippen LogP contribution < -0.4 is 5.73 Å². The Kier molecular flexibility index (Phi) is 2.26. The van der Waals surface area contributed by atoms with Gasteiger partial charge < -0.3 is 15.0 Å². The van der Waals surface area contributed by atoms with E-state index in [2.05, 4.69) is 10.1 Å². The number of nitrogens with two attached hydrogens (primary N) is 1. The summed E-state index contributed by atoms with van der Waals surface area (Å²) in [6.07, 6.45) is 3.30. The highest BCUT2D eigenvalue weighted by Gasteiger charge is 2.40. The predicted molar refractivity (Wildman–Crippen MR) is 56.7 cm³/mol. The minimum Gasteiger partial charge on any atom is -0.381 e. The monoisotopic (exact) mass is 223 g/mol. The average Bonchev–Trinajstić information content (AvgIpc) is 2.83. The molecule has 1 saturated heterocycles. The molecular weight excluding hydrogens is 206 g/mol. The first-order chi connectivity index (χ1) is 7.68. The highest BCUT2D eigenvalue weighted by molar-refractivity contribution is 5.09. The molecule has 5 nitrogen and oxygen atoms in total. The molecule has 0 bridgehead atoms. The topological polar surface area (TPSA) is 74.2 Å². The van der Waals surface area contributed by atoms with Crippen molar-refractivity contribution in [2.45, 2.75) is 37.6 Å². The standard InChI is InChI=1S/C11H17N3O2/c1-11(12,8-4-5-15-6-8)10-13-9(16-14-10)7-2-3-7/h7-8H,2-6,12H2,1H3. The largest absolute Gasteiger partial charge is 0.381 e. The SMILES string of the molecule is CC(N)(c1noc(C2CC2)n1)C1CCOC1. The maximum atomic E-state index is 6.31. The van der Waals surface area contributed by atoms with Gasteiger partial charge in [-0.3, -0.25) is 0 Å². The highest BCUT2D eigenvalue weighted by Crippen LogP contribution is 2.40. The average molecular weight is 223 g/mol. The zero-order valence-corrected chi connectivity index (χ0v) is 9.48. The van der Waals surface area contributed by atoms with Crippen molar-refractivity contribution in [3.05, 3.63) is 11.7 Å². The molecule has 2 fully saturated rings. The Morgan fingerprint density at radius 3 is 2.81 bits per heavy atom. The quantitative estimate of drug-likeness (QED) is 0.832. The number of hydrogen-bond donors (Lipinski definition) is 1. The molecule has 1 aromatic rings. The van der Waals surface area contributed by atoms with E-state index in [1.807, 2.05) is 6.92 Å². The molecule has 16 heavy (non-hydrogen) atoms. The lowest BCUT2D eigenvalue weighted by molar-refractivity contribution is 0.163. The number of aromatic nitrogens is 2. The van der Waals surface area contributed by atoms with Crippen molar-refractivity contribution in [2.24, 2.45) is 11.7 Å². The van der Waals surface area contributed by atoms with Gasteiger partial charge in [-0.25, -0.2) is 0 Å². The summed E-state index contributed by atoms with van der Waals surface area (Å²) in [4.78, 5) is 4.43. The third kappa shape index (κ3) is 1.64. The minimum absolute atomic E-state index is 0.289. The van der Waals surface area contributed by atoms with Crippen LogP contribution in [0.25, 0.3) is 0 Å². The van der Waals surface area contributed by atoms with E-state index in [1.54, 1.807) is 0 Å². The van der Waals surface area contributed by atoms with Gasteiger partial charge in [0.05, 0.1) is 12.1 Å². The maximum absolute atomic E-state index is 6.31. The van der Waals surface area contributed by atoms with Crippen molar-refractivity contribution in [1.29, 1.82) is 0 Å². The molecule has 0 aromatic carbocycles. The molecule has 88 valence electrons. The fourth-order valence-corrected chi connectivity index (χ4v) is 2.14. The van der Waals surface area contributed by atoms with Crippen LogP contribution in [0.3, 0.4) is 0 Å². The van der Waals surface area contributed by atoms with E-state index in [9.17, 15) is 0 Å². The Bertz CT molecular complexity index is 378. The molecule has 5 heteroatoms. The second-order valence-corrected chi connectivity index (χ2v) is 5.07. The summed E-state index contributed by atoms with van der Waals surface area (Å²) in [7, 11) is 0. The van der Waals surface area contributed by atoms with E-state index < -0.39 is 5.54 Å². The van der Waals surface area contributed by atoms with Gasteiger partial charge in [-0.1, -0.05) is 5.16 Å². The molecule has 1 saturated carbocycles. The van der Waals surface area contributed by atoms with E-state index in [4.69, 9.17) is 15.0 Å². The second kappa shape index (κ2) is 3.53. The van der Waals surface area contributed by atoms with Gasteiger partial charge in [0.2, 0.25) is 5.89 Å². The first-order valence-electron chi connectivity index (χ1n) is 5.88. The Morgan fingerprint density at radius 1 is 1.38 bits per heavy atom. The number of hydrogen-bond acceptors (Lipinski definition) is 5. The lowest BCUT2D eigenvalue weighted by Crippen LogP contribution is -2.42. The molecule has 0 spiro atoms. The smallest absolute Gasteiger partial charge is 0.229 e. The van der Waals surface area contributed by atoms with Crippen LogP contribution in [0, 0.1) is 5.92 Å². The molecular formula is C11H17N3O2. The summed E-state index contributed by atoms with van der Waals surface area (Å²) in [6.45, 7) is 3.44. The van der Waals surface area contributed by atoms with Crippen LogP contribution in [-0.2, 0) is 10.3 Å². The summed E-state index contributed by atoms with van der Waals surface area (Å²) >= 11 is 0. The summed E-state index contributed by atoms with van der Waals surface area (Å²) in [5.41, 5.74) is 5.78. The molecule has 2 N–H and O–H groups in total. The zero-order valence-electron chi connectivity index (χ0n) is 9.48. The van der Waals surface area contributed by atoms with Crippen LogP contribution in [0.1, 0.15) is 43.8 Å². The second-order valence-electron chi connectivity index (χ2n) is 5.07. The first kappa shape index (κ1) is 10.2. The Balaban J connectivity index is 1.82. The highest BCUT2D eigenvalue weighted by atomic mass is 16.5. The molecule has 0 radical (unpaired) electrons. The molecule has 1 aliphatic carbocycles. The third-order valence-corrected chi connectivity index (χ3v) is 3.63. The molecule has 2 unspecified atom stereocenters. The van der Waals surface area contributed by atoms with Crippen molar-refractivity contribution < 1.29 is 9.26 Å². The molecule has 2 atom stereocenters. The Hall–Kier alpha value is -0.940. The number of rotatable bonds is 3. The van der Waals surface area contributed by atoms with Crippen molar-refractivity contribution in [3.8, 4) is 0 Å². The van der Waals surface area contributed by atoms with E-state index in [0.29, 0.717) is 18.3 Å². The molecule has 1 aromatic heterocycles. The number of ether oxygens (including phenoxy) is 1. The predicted octanol–water partition coefficient (Wildman–Crippen LogP) is 1.16. The van der Waals surface area contributed by atoms with Gasteiger partial charge in [0.25, 0.3) is 0 Å². The van der Waals surface area contributed by atoms with Gasteiger partial charge in [0, 0.05) is 18.4 Å².